The number of anilines is 2. The Hall–Kier alpha value is -2.22. The van der Waals surface area contributed by atoms with Crippen LogP contribution < -0.4 is 16.6 Å². The zero-order valence-electron chi connectivity index (χ0n) is 10.6. The highest BCUT2D eigenvalue weighted by molar-refractivity contribution is 7.22. The second-order valence-electron chi connectivity index (χ2n) is 4.14. The van der Waals surface area contributed by atoms with Crippen molar-refractivity contribution in [2.75, 3.05) is 10.7 Å². The molecule has 0 unspecified atom stereocenters. The summed E-state index contributed by atoms with van der Waals surface area (Å²) in [6.45, 7) is 0. The molecule has 0 atom stereocenters. The lowest BCUT2D eigenvalue weighted by molar-refractivity contribution is 0.102. The molecule has 0 aliphatic rings. The average Bonchev–Trinajstić information content (AvgIpc) is 2.89. The molecule has 4 N–H and O–H groups in total. The Bertz CT molecular complexity index is 786. The van der Waals surface area contributed by atoms with Crippen LogP contribution in [0.3, 0.4) is 0 Å². The first-order chi connectivity index (χ1) is 10.2. The minimum atomic E-state index is -0.327. The van der Waals surface area contributed by atoms with Crippen molar-refractivity contribution in [1.82, 2.24) is 9.97 Å². The molecule has 1 aromatic carbocycles. The van der Waals surface area contributed by atoms with Gasteiger partial charge in [-0.3, -0.25) is 10.1 Å². The second-order valence-corrected chi connectivity index (χ2v) is 5.58. The van der Waals surface area contributed by atoms with Crippen molar-refractivity contribution in [1.29, 1.82) is 0 Å². The highest BCUT2D eigenvalue weighted by atomic mass is 35.5. The van der Waals surface area contributed by atoms with Crippen molar-refractivity contribution < 1.29 is 4.79 Å². The summed E-state index contributed by atoms with van der Waals surface area (Å²) in [6.07, 6.45) is 1.39. The van der Waals surface area contributed by atoms with E-state index < -0.39 is 0 Å². The minimum absolute atomic E-state index is 0.273. The van der Waals surface area contributed by atoms with E-state index in [9.17, 15) is 4.79 Å². The topological polar surface area (TPSA) is 92.9 Å². The number of hydrogen-bond donors (Lipinski definition) is 3. The molecule has 0 saturated carbocycles. The molecule has 0 radical (unpaired) electrons. The maximum absolute atomic E-state index is 12.1. The number of fused-ring (bicyclic) bond motifs is 1. The lowest BCUT2D eigenvalue weighted by Crippen LogP contribution is -2.14. The standard InChI is InChI=1S/C13H10ClN5OS/c14-8-5-7(6-16-11(8)19-15)12(20)18-13-17-9-3-1-2-4-10(9)21-13/h1-6H,15H2,(H,16,19)(H,17,18,20). The quantitative estimate of drug-likeness (QED) is 0.510. The molecular formula is C13H10ClN5OS. The van der Waals surface area contributed by atoms with Crippen LogP contribution in [0.5, 0.6) is 0 Å². The first-order valence-electron chi connectivity index (χ1n) is 5.96. The lowest BCUT2D eigenvalue weighted by Gasteiger charge is -2.05. The van der Waals surface area contributed by atoms with Gasteiger partial charge in [-0.05, 0) is 18.2 Å². The van der Waals surface area contributed by atoms with Gasteiger partial charge in [-0.2, -0.15) is 0 Å². The number of para-hydroxylation sites is 1. The maximum Gasteiger partial charge on any atom is 0.259 e. The van der Waals surface area contributed by atoms with Crippen LogP contribution in [0.15, 0.2) is 36.5 Å². The fraction of sp³-hybridized carbons (Fsp3) is 0. The molecule has 106 valence electrons. The fourth-order valence-corrected chi connectivity index (χ4v) is 2.85. The lowest BCUT2D eigenvalue weighted by atomic mass is 10.2. The van der Waals surface area contributed by atoms with E-state index >= 15 is 0 Å². The van der Waals surface area contributed by atoms with Crippen molar-refractivity contribution in [3.8, 4) is 0 Å². The van der Waals surface area contributed by atoms with Gasteiger partial charge >= 0.3 is 0 Å². The van der Waals surface area contributed by atoms with Crippen molar-refractivity contribution in [2.24, 2.45) is 5.84 Å². The van der Waals surface area contributed by atoms with Gasteiger partial charge in [0, 0.05) is 6.20 Å². The number of aromatic nitrogens is 2. The Balaban J connectivity index is 1.84. The molecule has 0 saturated heterocycles. The van der Waals surface area contributed by atoms with Gasteiger partial charge in [-0.15, -0.1) is 0 Å². The number of hydrazine groups is 1. The van der Waals surface area contributed by atoms with E-state index in [1.165, 1.54) is 23.6 Å². The van der Waals surface area contributed by atoms with Crippen LogP contribution >= 0.6 is 22.9 Å². The summed E-state index contributed by atoms with van der Waals surface area (Å²) in [4.78, 5) is 20.4. The van der Waals surface area contributed by atoms with Crippen molar-refractivity contribution in [2.45, 2.75) is 0 Å². The van der Waals surface area contributed by atoms with Crippen LogP contribution in [0.1, 0.15) is 10.4 Å². The summed E-state index contributed by atoms with van der Waals surface area (Å²) in [7, 11) is 0. The Morgan fingerprint density at radius 1 is 1.33 bits per heavy atom. The van der Waals surface area contributed by atoms with Crippen molar-refractivity contribution in [3.63, 3.8) is 0 Å². The van der Waals surface area contributed by atoms with Gasteiger partial charge < -0.3 is 5.43 Å². The largest absolute Gasteiger partial charge is 0.307 e. The van der Waals surface area contributed by atoms with E-state index in [1.54, 1.807) is 0 Å². The van der Waals surface area contributed by atoms with E-state index in [0.717, 1.165) is 10.2 Å². The number of nitrogens with two attached hydrogens (primary N) is 1. The van der Waals surface area contributed by atoms with Crippen molar-refractivity contribution in [3.05, 3.63) is 47.1 Å². The van der Waals surface area contributed by atoms with Crippen LogP contribution in [0.25, 0.3) is 10.2 Å². The fourth-order valence-electron chi connectivity index (χ4n) is 1.76. The maximum atomic E-state index is 12.1. The van der Waals surface area contributed by atoms with E-state index in [4.69, 9.17) is 17.4 Å². The zero-order valence-corrected chi connectivity index (χ0v) is 12.2. The molecule has 21 heavy (non-hydrogen) atoms. The summed E-state index contributed by atoms with van der Waals surface area (Å²) in [6, 6.07) is 9.15. The first-order valence-corrected chi connectivity index (χ1v) is 7.16. The number of halogens is 1. The SMILES string of the molecule is NNc1ncc(C(=O)Nc2nc3ccccc3s2)cc1Cl. The number of nitrogens with zero attached hydrogens (tertiary/aromatic N) is 2. The van der Waals surface area contributed by atoms with Gasteiger partial charge in [0.05, 0.1) is 20.8 Å². The highest BCUT2D eigenvalue weighted by Crippen LogP contribution is 2.26. The van der Waals surface area contributed by atoms with E-state index in [-0.39, 0.29) is 10.9 Å². The number of amides is 1. The second kappa shape index (κ2) is 5.65. The molecule has 0 bridgehead atoms. The Labute approximate surface area is 128 Å². The summed E-state index contributed by atoms with van der Waals surface area (Å²) < 4.78 is 1.01. The summed E-state index contributed by atoms with van der Waals surface area (Å²) in [5, 5.41) is 3.53. The molecule has 1 amide bonds. The number of pyridine rings is 1. The summed E-state index contributed by atoms with van der Waals surface area (Å²) in [5.74, 6) is 5.22. The predicted molar refractivity (Wildman–Crippen MR) is 84.6 cm³/mol. The third-order valence-electron chi connectivity index (χ3n) is 2.75. The van der Waals surface area contributed by atoms with Gasteiger partial charge in [0.15, 0.2) is 10.9 Å². The molecule has 6 nitrogen and oxygen atoms in total. The van der Waals surface area contributed by atoms with Gasteiger partial charge in [-0.25, -0.2) is 15.8 Å². The Morgan fingerprint density at radius 2 is 2.14 bits per heavy atom. The van der Waals surface area contributed by atoms with Gasteiger partial charge in [0.1, 0.15) is 0 Å². The number of rotatable bonds is 3. The number of hydrogen-bond acceptors (Lipinski definition) is 6. The number of nitrogen functional groups attached to an aromatic ring is 1. The molecule has 2 heterocycles. The summed E-state index contributed by atoms with van der Waals surface area (Å²) in [5.41, 5.74) is 3.52. The predicted octanol–water partition coefficient (Wildman–Crippen LogP) is 2.88. The molecular weight excluding hydrogens is 310 g/mol. The van der Waals surface area contributed by atoms with Gasteiger partial charge in [0.25, 0.3) is 5.91 Å². The molecule has 3 rings (SSSR count). The first kappa shape index (κ1) is 13.7. The molecule has 3 aromatic rings. The number of benzene rings is 1. The molecule has 0 aliphatic carbocycles. The number of carbonyl (C=O) groups is 1. The molecule has 0 aliphatic heterocycles. The van der Waals surface area contributed by atoms with E-state index in [0.29, 0.717) is 16.5 Å². The van der Waals surface area contributed by atoms with Crippen LogP contribution in [0.2, 0.25) is 5.02 Å². The van der Waals surface area contributed by atoms with Crippen LogP contribution in [0.4, 0.5) is 10.9 Å². The van der Waals surface area contributed by atoms with Gasteiger partial charge in [-0.1, -0.05) is 35.1 Å². The third-order valence-corrected chi connectivity index (χ3v) is 3.99. The number of nitrogens with one attached hydrogen (secondary N) is 2. The number of carbonyl (C=O) groups excluding carboxylic acids is 1. The minimum Gasteiger partial charge on any atom is -0.307 e. The zero-order chi connectivity index (χ0) is 14.8. The Kier molecular flexibility index (Phi) is 3.70. The number of thiazole rings is 1. The smallest absolute Gasteiger partial charge is 0.259 e. The summed E-state index contributed by atoms with van der Waals surface area (Å²) >= 11 is 7.35. The van der Waals surface area contributed by atoms with Crippen LogP contribution in [-0.4, -0.2) is 15.9 Å². The monoisotopic (exact) mass is 319 g/mol. The Morgan fingerprint density at radius 3 is 2.86 bits per heavy atom. The highest BCUT2D eigenvalue weighted by Gasteiger charge is 2.12. The van der Waals surface area contributed by atoms with E-state index in [1.807, 2.05) is 24.3 Å². The van der Waals surface area contributed by atoms with E-state index in [2.05, 4.69) is 20.7 Å². The third kappa shape index (κ3) is 2.80. The molecule has 2 aromatic heterocycles. The molecule has 0 spiro atoms. The average molecular weight is 320 g/mol. The van der Waals surface area contributed by atoms with Gasteiger partial charge in [0.2, 0.25) is 0 Å². The van der Waals surface area contributed by atoms with Crippen LogP contribution in [-0.2, 0) is 0 Å². The molecule has 0 fully saturated rings. The molecule has 8 heteroatoms. The van der Waals surface area contributed by atoms with Crippen LogP contribution in [0, 0.1) is 0 Å². The normalized spacial score (nSPS) is 10.6. The van der Waals surface area contributed by atoms with Crippen molar-refractivity contribution >= 4 is 50.0 Å².